The molecule has 0 amide bonds. The third kappa shape index (κ3) is 4.04. The molecule has 0 aliphatic heterocycles. The fraction of sp³-hybridized carbons (Fsp3) is 0.211. The Morgan fingerprint density at radius 1 is 1.00 bits per heavy atom. The smallest absolute Gasteiger partial charge is 0.123 e. The van der Waals surface area contributed by atoms with Crippen LogP contribution in [0, 0.1) is 11.3 Å². The van der Waals surface area contributed by atoms with Gasteiger partial charge in [0, 0.05) is 25.8 Å². The minimum absolute atomic E-state index is 0.555. The van der Waals surface area contributed by atoms with Gasteiger partial charge in [-0.05, 0) is 41.5 Å². The van der Waals surface area contributed by atoms with Crippen molar-refractivity contribution >= 4 is 17.3 Å². The number of nitrogens with zero attached hydrogens (tertiary/aromatic N) is 2. The summed E-state index contributed by atoms with van der Waals surface area (Å²) >= 11 is 0. The standard InChI is InChI=1S/C19H20N2O2/c1-21(2)17-7-5-14(6-8-17)9-16(13-20)15-10-18(22-3)12-19(11-15)23-4/h5-12H,1-4H3/b16-9+. The van der Waals surface area contributed by atoms with E-state index < -0.39 is 0 Å². The summed E-state index contributed by atoms with van der Waals surface area (Å²) in [5.74, 6) is 1.31. The summed E-state index contributed by atoms with van der Waals surface area (Å²) in [5, 5.41) is 9.50. The number of allylic oxidation sites excluding steroid dienone is 1. The number of hydrogen-bond donors (Lipinski definition) is 0. The van der Waals surface area contributed by atoms with Gasteiger partial charge in [0.15, 0.2) is 0 Å². The fourth-order valence-corrected chi connectivity index (χ4v) is 2.18. The molecule has 4 heteroatoms. The molecular formula is C19H20N2O2. The van der Waals surface area contributed by atoms with Gasteiger partial charge < -0.3 is 14.4 Å². The summed E-state index contributed by atoms with van der Waals surface area (Å²) in [4.78, 5) is 2.03. The van der Waals surface area contributed by atoms with Gasteiger partial charge in [0.25, 0.3) is 0 Å². The zero-order valence-electron chi connectivity index (χ0n) is 13.8. The Morgan fingerprint density at radius 2 is 1.57 bits per heavy atom. The summed E-state index contributed by atoms with van der Waals surface area (Å²) in [6.45, 7) is 0. The second-order valence-electron chi connectivity index (χ2n) is 5.26. The monoisotopic (exact) mass is 308 g/mol. The molecule has 0 aromatic heterocycles. The van der Waals surface area contributed by atoms with Gasteiger partial charge in [0.05, 0.1) is 25.9 Å². The first-order valence-electron chi connectivity index (χ1n) is 7.20. The quantitative estimate of drug-likeness (QED) is 0.622. The molecule has 118 valence electrons. The lowest BCUT2D eigenvalue weighted by atomic mass is 10.0. The van der Waals surface area contributed by atoms with E-state index in [1.807, 2.05) is 61.5 Å². The highest BCUT2D eigenvalue weighted by Gasteiger charge is 2.07. The van der Waals surface area contributed by atoms with Crippen LogP contribution in [-0.4, -0.2) is 28.3 Å². The summed E-state index contributed by atoms with van der Waals surface area (Å²) in [5.41, 5.74) is 3.40. The molecule has 4 nitrogen and oxygen atoms in total. The molecule has 0 spiro atoms. The molecule has 0 saturated heterocycles. The van der Waals surface area contributed by atoms with Gasteiger partial charge in [-0.3, -0.25) is 0 Å². The Morgan fingerprint density at radius 3 is 2.00 bits per heavy atom. The fourth-order valence-electron chi connectivity index (χ4n) is 2.18. The van der Waals surface area contributed by atoms with Crippen LogP contribution in [0.2, 0.25) is 0 Å². The first-order chi connectivity index (χ1) is 11.1. The van der Waals surface area contributed by atoms with E-state index in [0.717, 1.165) is 16.8 Å². The topological polar surface area (TPSA) is 45.5 Å². The van der Waals surface area contributed by atoms with Crippen LogP contribution in [0.4, 0.5) is 5.69 Å². The van der Waals surface area contributed by atoms with Gasteiger partial charge >= 0.3 is 0 Å². The van der Waals surface area contributed by atoms with Crippen LogP contribution in [0.1, 0.15) is 11.1 Å². The normalized spacial score (nSPS) is 10.8. The molecule has 0 radical (unpaired) electrons. The highest BCUT2D eigenvalue weighted by Crippen LogP contribution is 2.28. The summed E-state index contributed by atoms with van der Waals surface area (Å²) in [6.07, 6.45) is 1.85. The van der Waals surface area contributed by atoms with E-state index in [2.05, 4.69) is 6.07 Å². The number of hydrogen-bond acceptors (Lipinski definition) is 4. The van der Waals surface area contributed by atoms with Gasteiger partial charge in [0.2, 0.25) is 0 Å². The van der Waals surface area contributed by atoms with Crippen LogP contribution >= 0.6 is 0 Å². The zero-order chi connectivity index (χ0) is 16.8. The van der Waals surface area contributed by atoms with E-state index in [-0.39, 0.29) is 0 Å². The predicted molar refractivity (Wildman–Crippen MR) is 93.8 cm³/mol. The van der Waals surface area contributed by atoms with Crippen molar-refractivity contribution in [2.24, 2.45) is 0 Å². The molecule has 0 saturated carbocycles. The second-order valence-corrected chi connectivity index (χ2v) is 5.26. The van der Waals surface area contributed by atoms with Crippen LogP contribution in [0.5, 0.6) is 11.5 Å². The van der Waals surface area contributed by atoms with Crippen molar-refractivity contribution in [3.63, 3.8) is 0 Å². The van der Waals surface area contributed by atoms with Crippen molar-refractivity contribution in [1.29, 1.82) is 5.26 Å². The number of anilines is 1. The molecule has 2 rings (SSSR count). The Bertz CT molecular complexity index is 719. The largest absolute Gasteiger partial charge is 0.497 e. The molecule has 0 bridgehead atoms. The zero-order valence-corrected chi connectivity index (χ0v) is 13.8. The minimum Gasteiger partial charge on any atom is -0.497 e. The number of rotatable bonds is 5. The van der Waals surface area contributed by atoms with Gasteiger partial charge in [0.1, 0.15) is 11.5 Å². The number of methoxy groups -OCH3 is 2. The first kappa shape index (κ1) is 16.4. The number of nitriles is 1. The lowest BCUT2D eigenvalue weighted by Gasteiger charge is -2.12. The van der Waals surface area contributed by atoms with Crippen LogP contribution in [0.3, 0.4) is 0 Å². The van der Waals surface area contributed by atoms with Crippen LogP contribution in [0.15, 0.2) is 42.5 Å². The molecule has 0 heterocycles. The lowest BCUT2D eigenvalue weighted by molar-refractivity contribution is 0.394. The van der Waals surface area contributed by atoms with E-state index in [0.29, 0.717) is 17.1 Å². The molecule has 0 fully saturated rings. The van der Waals surface area contributed by atoms with Gasteiger partial charge in [-0.2, -0.15) is 5.26 Å². The highest BCUT2D eigenvalue weighted by molar-refractivity contribution is 5.90. The van der Waals surface area contributed by atoms with E-state index >= 15 is 0 Å². The Hall–Kier alpha value is -2.93. The van der Waals surface area contributed by atoms with E-state index in [1.54, 1.807) is 20.3 Å². The molecule has 0 aliphatic rings. The third-order valence-corrected chi connectivity index (χ3v) is 3.50. The Kier molecular flexibility index (Phi) is 5.27. The van der Waals surface area contributed by atoms with Crippen molar-refractivity contribution in [3.8, 4) is 17.6 Å². The number of ether oxygens (including phenoxy) is 2. The van der Waals surface area contributed by atoms with Crippen molar-refractivity contribution in [3.05, 3.63) is 53.6 Å². The van der Waals surface area contributed by atoms with Gasteiger partial charge in [-0.25, -0.2) is 0 Å². The molecule has 23 heavy (non-hydrogen) atoms. The molecule has 0 aliphatic carbocycles. The van der Waals surface area contributed by atoms with Crippen molar-refractivity contribution < 1.29 is 9.47 Å². The first-order valence-corrected chi connectivity index (χ1v) is 7.20. The van der Waals surface area contributed by atoms with Crippen molar-refractivity contribution in [2.75, 3.05) is 33.2 Å². The summed E-state index contributed by atoms with van der Waals surface area (Å²) in [7, 11) is 7.17. The second kappa shape index (κ2) is 7.37. The van der Waals surface area contributed by atoms with Crippen LogP contribution in [-0.2, 0) is 0 Å². The lowest BCUT2D eigenvalue weighted by Crippen LogP contribution is -2.07. The molecule has 0 unspecified atom stereocenters. The van der Waals surface area contributed by atoms with Crippen LogP contribution < -0.4 is 14.4 Å². The van der Waals surface area contributed by atoms with E-state index in [1.165, 1.54) is 0 Å². The average Bonchev–Trinajstić information content (AvgIpc) is 2.59. The maximum atomic E-state index is 9.50. The highest BCUT2D eigenvalue weighted by atomic mass is 16.5. The van der Waals surface area contributed by atoms with Gasteiger partial charge in [-0.1, -0.05) is 12.1 Å². The van der Waals surface area contributed by atoms with Crippen molar-refractivity contribution in [2.45, 2.75) is 0 Å². The Labute approximate surface area is 137 Å². The van der Waals surface area contributed by atoms with E-state index in [4.69, 9.17) is 9.47 Å². The maximum absolute atomic E-state index is 9.50. The molecule has 2 aromatic carbocycles. The minimum atomic E-state index is 0.555. The van der Waals surface area contributed by atoms with E-state index in [9.17, 15) is 5.26 Å². The SMILES string of the molecule is COc1cc(OC)cc(/C(C#N)=C/c2ccc(N(C)C)cc2)c1. The summed E-state index contributed by atoms with van der Waals surface area (Å²) < 4.78 is 10.5. The summed E-state index contributed by atoms with van der Waals surface area (Å²) in [6, 6.07) is 15.7. The molecular weight excluding hydrogens is 288 g/mol. The maximum Gasteiger partial charge on any atom is 0.123 e. The number of benzene rings is 2. The molecule has 0 atom stereocenters. The van der Waals surface area contributed by atoms with Crippen molar-refractivity contribution in [1.82, 2.24) is 0 Å². The Balaban J connectivity index is 2.41. The molecule has 2 aromatic rings. The average molecular weight is 308 g/mol. The molecule has 0 N–H and O–H groups in total. The van der Waals surface area contributed by atoms with Crippen LogP contribution in [0.25, 0.3) is 11.6 Å². The van der Waals surface area contributed by atoms with Gasteiger partial charge in [-0.15, -0.1) is 0 Å². The predicted octanol–water partition coefficient (Wildman–Crippen LogP) is 3.83. The third-order valence-electron chi connectivity index (χ3n) is 3.50.